The van der Waals surface area contributed by atoms with Crippen LogP contribution >= 0.6 is 0 Å². The van der Waals surface area contributed by atoms with Gasteiger partial charge in [-0.3, -0.25) is 14.5 Å². The van der Waals surface area contributed by atoms with Crippen LogP contribution in [0.3, 0.4) is 0 Å². The highest BCUT2D eigenvalue weighted by molar-refractivity contribution is 6.12. The van der Waals surface area contributed by atoms with Gasteiger partial charge in [-0.2, -0.15) is 0 Å². The SMILES string of the molecule is C[C@@]12C(=O)N(C(CCCCN)C(=O)O)C(=O)[C@]1(C)[C@H]1CC[C@@H]2O1. The Morgan fingerprint density at radius 3 is 2.22 bits per heavy atom. The summed E-state index contributed by atoms with van der Waals surface area (Å²) in [5, 5.41) is 9.54. The van der Waals surface area contributed by atoms with Gasteiger partial charge in [-0.1, -0.05) is 0 Å². The van der Waals surface area contributed by atoms with Gasteiger partial charge in [-0.05, 0) is 52.5 Å². The Morgan fingerprint density at radius 1 is 1.26 bits per heavy atom. The quantitative estimate of drug-likeness (QED) is 0.544. The van der Waals surface area contributed by atoms with Gasteiger partial charge < -0.3 is 15.6 Å². The molecule has 23 heavy (non-hydrogen) atoms. The summed E-state index contributed by atoms with van der Waals surface area (Å²) in [7, 11) is 0. The van der Waals surface area contributed by atoms with Gasteiger partial charge in [0.15, 0.2) is 0 Å². The number of ether oxygens (including phenoxy) is 1. The third-order valence-electron chi connectivity index (χ3n) is 6.24. The molecule has 0 aromatic heterocycles. The second kappa shape index (κ2) is 5.27. The van der Waals surface area contributed by atoms with E-state index in [1.807, 2.05) is 0 Å². The van der Waals surface area contributed by atoms with Gasteiger partial charge in [0, 0.05) is 0 Å². The Hall–Kier alpha value is -1.47. The topological polar surface area (TPSA) is 110 Å². The largest absolute Gasteiger partial charge is 0.480 e. The highest BCUT2D eigenvalue weighted by Gasteiger charge is 2.77. The van der Waals surface area contributed by atoms with Crippen LogP contribution in [0, 0.1) is 10.8 Å². The molecule has 3 heterocycles. The van der Waals surface area contributed by atoms with E-state index < -0.39 is 34.7 Å². The number of aliphatic carboxylic acids is 1. The molecule has 3 N–H and O–H groups in total. The standard InChI is InChI=1S/C16H24N2O5/c1-15-10-6-7-11(23-10)16(15,2)14(22)18(13(15)21)9(12(19)20)5-3-4-8-17/h9-11H,3-8,17H2,1-2H3,(H,19,20)/t9?,10-,11+,15+,16-. The van der Waals surface area contributed by atoms with Crippen molar-refractivity contribution >= 4 is 17.8 Å². The minimum absolute atomic E-state index is 0.242. The molecule has 3 rings (SSSR count). The Kier molecular flexibility index (Phi) is 3.76. The lowest BCUT2D eigenvalue weighted by Gasteiger charge is -2.36. The summed E-state index contributed by atoms with van der Waals surface area (Å²) in [5.74, 6) is -1.92. The van der Waals surface area contributed by atoms with Crippen LogP contribution < -0.4 is 5.73 Å². The lowest BCUT2D eigenvalue weighted by molar-refractivity contribution is -0.158. The summed E-state index contributed by atoms with van der Waals surface area (Å²) in [6.07, 6.45) is 2.38. The average molecular weight is 324 g/mol. The highest BCUT2D eigenvalue weighted by Crippen LogP contribution is 2.64. The van der Waals surface area contributed by atoms with Crippen LogP contribution in [0.25, 0.3) is 0 Å². The van der Waals surface area contributed by atoms with Crippen molar-refractivity contribution < 1.29 is 24.2 Å². The number of hydrogen-bond donors (Lipinski definition) is 2. The maximum atomic E-state index is 13.0. The van der Waals surface area contributed by atoms with Gasteiger partial charge in [0.05, 0.1) is 23.0 Å². The number of carbonyl (C=O) groups is 3. The zero-order chi connectivity index (χ0) is 17.0. The molecule has 0 radical (unpaired) electrons. The molecule has 0 aliphatic carbocycles. The molecule has 1 unspecified atom stereocenters. The summed E-state index contributed by atoms with van der Waals surface area (Å²) in [4.78, 5) is 38.7. The molecule has 7 nitrogen and oxygen atoms in total. The van der Waals surface area contributed by atoms with Crippen molar-refractivity contribution in [2.75, 3.05) is 6.54 Å². The fourth-order valence-electron chi connectivity index (χ4n) is 4.60. The van der Waals surface area contributed by atoms with Gasteiger partial charge in [-0.25, -0.2) is 4.79 Å². The molecule has 2 bridgehead atoms. The van der Waals surface area contributed by atoms with Crippen molar-refractivity contribution in [1.82, 2.24) is 4.90 Å². The number of hydrogen-bond acceptors (Lipinski definition) is 5. The van der Waals surface area contributed by atoms with E-state index in [2.05, 4.69) is 0 Å². The summed E-state index contributed by atoms with van der Waals surface area (Å²) >= 11 is 0. The van der Waals surface area contributed by atoms with Crippen molar-refractivity contribution in [3.63, 3.8) is 0 Å². The Bertz CT molecular complexity index is 531. The predicted molar refractivity (Wildman–Crippen MR) is 80.3 cm³/mol. The van der Waals surface area contributed by atoms with Gasteiger partial charge in [0.2, 0.25) is 11.8 Å². The fraction of sp³-hybridized carbons (Fsp3) is 0.812. The Morgan fingerprint density at radius 2 is 1.78 bits per heavy atom. The molecule has 0 aromatic rings. The van der Waals surface area contributed by atoms with E-state index in [0.29, 0.717) is 19.4 Å². The van der Waals surface area contributed by atoms with Gasteiger partial charge in [0.25, 0.3) is 0 Å². The first kappa shape index (κ1) is 16.4. The van der Waals surface area contributed by atoms with E-state index in [-0.39, 0.29) is 18.6 Å². The number of nitrogens with two attached hydrogens (primary N) is 1. The molecule has 5 atom stereocenters. The number of nitrogens with zero attached hydrogens (tertiary/aromatic N) is 1. The number of carboxylic acid groups (broad SMARTS) is 1. The minimum Gasteiger partial charge on any atom is -0.480 e. The van der Waals surface area contributed by atoms with E-state index in [4.69, 9.17) is 10.5 Å². The Balaban J connectivity index is 1.94. The average Bonchev–Trinajstić information content (AvgIpc) is 3.11. The van der Waals surface area contributed by atoms with E-state index in [0.717, 1.165) is 17.7 Å². The first-order chi connectivity index (χ1) is 10.8. The number of carboxylic acids is 1. The lowest BCUT2D eigenvalue weighted by Crippen LogP contribution is -2.48. The molecule has 0 aromatic carbocycles. The van der Waals surface area contributed by atoms with E-state index >= 15 is 0 Å². The summed E-state index contributed by atoms with van der Waals surface area (Å²) < 4.78 is 5.84. The lowest BCUT2D eigenvalue weighted by atomic mass is 9.59. The van der Waals surface area contributed by atoms with Crippen molar-refractivity contribution in [3.05, 3.63) is 0 Å². The molecule has 0 spiro atoms. The number of carbonyl (C=O) groups excluding carboxylic acids is 2. The zero-order valence-corrected chi connectivity index (χ0v) is 13.6. The molecule has 7 heteroatoms. The predicted octanol–water partition coefficient (Wildman–Crippen LogP) is 0.511. The highest BCUT2D eigenvalue weighted by atomic mass is 16.5. The second-order valence-electron chi connectivity index (χ2n) is 7.21. The molecule has 2 amide bonds. The van der Waals surface area contributed by atoms with E-state index in [1.165, 1.54) is 0 Å². The third kappa shape index (κ3) is 1.86. The number of imide groups is 1. The number of rotatable bonds is 6. The van der Waals surface area contributed by atoms with Gasteiger partial charge in [0.1, 0.15) is 6.04 Å². The van der Waals surface area contributed by atoms with Crippen LogP contribution in [0.1, 0.15) is 46.0 Å². The number of likely N-dealkylation sites (tertiary alicyclic amines) is 1. The van der Waals surface area contributed by atoms with Gasteiger partial charge >= 0.3 is 5.97 Å². The molecular formula is C16H24N2O5. The number of fused-ring (bicyclic) bond motifs is 5. The molecule has 3 aliphatic heterocycles. The first-order valence-corrected chi connectivity index (χ1v) is 8.26. The van der Waals surface area contributed by atoms with Crippen LogP contribution in [0.4, 0.5) is 0 Å². The van der Waals surface area contributed by atoms with Crippen molar-refractivity contribution in [2.24, 2.45) is 16.6 Å². The molecule has 3 saturated heterocycles. The van der Waals surface area contributed by atoms with Crippen molar-refractivity contribution in [2.45, 2.75) is 64.2 Å². The zero-order valence-electron chi connectivity index (χ0n) is 13.6. The van der Waals surface area contributed by atoms with Crippen molar-refractivity contribution in [3.8, 4) is 0 Å². The summed E-state index contributed by atoms with van der Waals surface area (Å²) in [6.45, 7) is 3.98. The van der Waals surface area contributed by atoms with E-state index in [9.17, 15) is 19.5 Å². The molecule has 0 saturated carbocycles. The first-order valence-electron chi connectivity index (χ1n) is 8.26. The monoisotopic (exact) mass is 324 g/mol. The van der Waals surface area contributed by atoms with Crippen LogP contribution in [0.2, 0.25) is 0 Å². The molecular weight excluding hydrogens is 300 g/mol. The van der Waals surface area contributed by atoms with Crippen molar-refractivity contribution in [1.29, 1.82) is 0 Å². The van der Waals surface area contributed by atoms with Crippen LogP contribution in [-0.2, 0) is 19.1 Å². The molecule has 128 valence electrons. The normalized spacial score (nSPS) is 39.9. The van der Waals surface area contributed by atoms with Crippen LogP contribution in [0.15, 0.2) is 0 Å². The van der Waals surface area contributed by atoms with Gasteiger partial charge in [-0.15, -0.1) is 0 Å². The second-order valence-corrected chi connectivity index (χ2v) is 7.21. The maximum absolute atomic E-state index is 13.0. The number of unbranched alkanes of at least 4 members (excludes halogenated alkanes) is 1. The van der Waals surface area contributed by atoms with Crippen LogP contribution in [-0.4, -0.2) is 52.6 Å². The number of amides is 2. The summed E-state index contributed by atoms with van der Waals surface area (Å²) in [6, 6.07) is -1.11. The van der Waals surface area contributed by atoms with E-state index in [1.54, 1.807) is 13.8 Å². The minimum atomic E-state index is -1.14. The molecule has 3 aliphatic rings. The Labute approximate surface area is 135 Å². The summed E-state index contributed by atoms with van der Waals surface area (Å²) in [5.41, 5.74) is 3.55. The molecule has 3 fully saturated rings. The third-order valence-corrected chi connectivity index (χ3v) is 6.24. The smallest absolute Gasteiger partial charge is 0.326 e. The maximum Gasteiger partial charge on any atom is 0.326 e. The van der Waals surface area contributed by atoms with Crippen LogP contribution in [0.5, 0.6) is 0 Å². The fourth-order valence-corrected chi connectivity index (χ4v) is 4.60.